The molecule has 0 spiro atoms. The molecule has 14 heavy (non-hydrogen) atoms. The minimum atomic E-state index is -0.446. The molecule has 78 valence electrons. The van der Waals surface area contributed by atoms with Crippen LogP contribution in [0.3, 0.4) is 0 Å². The number of anilines is 1. The third-order valence-electron chi connectivity index (χ3n) is 2.51. The second-order valence-corrected chi connectivity index (χ2v) is 4.58. The van der Waals surface area contributed by atoms with E-state index in [9.17, 15) is 5.11 Å². The highest BCUT2D eigenvalue weighted by atomic mass is 32.1. The molecule has 1 N–H and O–H groups in total. The molecule has 0 aromatic carbocycles. The second kappa shape index (κ2) is 3.87. The van der Waals surface area contributed by atoms with E-state index >= 15 is 0 Å². The lowest BCUT2D eigenvalue weighted by atomic mass is 10.3. The van der Waals surface area contributed by atoms with Crippen LogP contribution in [0.5, 0.6) is 0 Å². The van der Waals surface area contributed by atoms with E-state index in [1.54, 1.807) is 18.3 Å². The Labute approximate surface area is 88.4 Å². The van der Waals surface area contributed by atoms with Crippen LogP contribution in [-0.2, 0) is 0 Å². The number of hydrogen-bond donors (Lipinski definition) is 1. The molecule has 2 rings (SSSR count). The van der Waals surface area contributed by atoms with Crippen molar-refractivity contribution in [2.24, 2.45) is 0 Å². The fourth-order valence-electron chi connectivity index (χ4n) is 1.54. The second-order valence-electron chi connectivity index (χ2n) is 3.75. The topological polar surface area (TPSA) is 36.4 Å². The molecule has 0 radical (unpaired) electrons. The van der Waals surface area contributed by atoms with Crippen molar-refractivity contribution in [2.75, 3.05) is 11.4 Å². The molecule has 1 atom stereocenters. The molecule has 1 unspecified atom stereocenters. The maximum absolute atomic E-state index is 9.37. The van der Waals surface area contributed by atoms with Gasteiger partial charge < -0.3 is 10.0 Å². The van der Waals surface area contributed by atoms with Crippen LogP contribution in [0.4, 0.5) is 5.13 Å². The summed E-state index contributed by atoms with van der Waals surface area (Å²) < 4.78 is 0. The fourth-order valence-corrected chi connectivity index (χ4v) is 2.58. The molecule has 1 heterocycles. The van der Waals surface area contributed by atoms with Crippen LogP contribution in [0.25, 0.3) is 0 Å². The SMILES string of the molecule is CCN(c1nc(C(C)O)cs1)C1CC1. The van der Waals surface area contributed by atoms with E-state index in [0.29, 0.717) is 6.04 Å². The average molecular weight is 212 g/mol. The highest BCUT2D eigenvalue weighted by molar-refractivity contribution is 7.13. The molecule has 3 nitrogen and oxygen atoms in total. The van der Waals surface area contributed by atoms with Gasteiger partial charge in [-0.1, -0.05) is 0 Å². The number of nitrogens with zero attached hydrogens (tertiary/aromatic N) is 2. The van der Waals surface area contributed by atoms with Crippen molar-refractivity contribution in [2.45, 2.75) is 38.8 Å². The minimum absolute atomic E-state index is 0.446. The van der Waals surface area contributed by atoms with Gasteiger partial charge in [-0.15, -0.1) is 11.3 Å². The largest absolute Gasteiger partial charge is 0.387 e. The normalized spacial score (nSPS) is 18.2. The summed E-state index contributed by atoms with van der Waals surface area (Å²) in [5.41, 5.74) is 0.795. The van der Waals surface area contributed by atoms with Crippen molar-refractivity contribution >= 4 is 16.5 Å². The summed E-state index contributed by atoms with van der Waals surface area (Å²) in [6.07, 6.45) is 2.13. The number of aliphatic hydroxyl groups excluding tert-OH is 1. The van der Waals surface area contributed by atoms with Crippen molar-refractivity contribution in [1.82, 2.24) is 4.98 Å². The van der Waals surface area contributed by atoms with Gasteiger partial charge in [0, 0.05) is 18.0 Å². The van der Waals surface area contributed by atoms with E-state index in [4.69, 9.17) is 0 Å². The van der Waals surface area contributed by atoms with Crippen molar-refractivity contribution in [3.63, 3.8) is 0 Å². The molecule has 0 saturated heterocycles. The number of aromatic nitrogens is 1. The summed E-state index contributed by atoms with van der Waals surface area (Å²) in [6.45, 7) is 4.92. The summed E-state index contributed by atoms with van der Waals surface area (Å²) in [5.74, 6) is 0. The van der Waals surface area contributed by atoms with Crippen molar-refractivity contribution < 1.29 is 5.11 Å². The Morgan fingerprint density at radius 1 is 1.71 bits per heavy atom. The summed E-state index contributed by atoms with van der Waals surface area (Å²) in [6, 6.07) is 0.702. The maximum atomic E-state index is 9.37. The van der Waals surface area contributed by atoms with Crippen LogP contribution in [0, 0.1) is 0 Å². The highest BCUT2D eigenvalue weighted by Crippen LogP contribution is 2.33. The van der Waals surface area contributed by atoms with Gasteiger partial charge in [0.05, 0.1) is 11.8 Å². The van der Waals surface area contributed by atoms with Crippen LogP contribution >= 0.6 is 11.3 Å². The maximum Gasteiger partial charge on any atom is 0.185 e. The number of aliphatic hydroxyl groups is 1. The van der Waals surface area contributed by atoms with Crippen LogP contribution in [-0.4, -0.2) is 22.7 Å². The predicted molar refractivity (Wildman–Crippen MR) is 58.8 cm³/mol. The predicted octanol–water partition coefficient (Wildman–Crippen LogP) is 2.19. The first-order valence-electron chi connectivity index (χ1n) is 5.12. The number of thiazole rings is 1. The van der Waals surface area contributed by atoms with Crippen LogP contribution in [0.15, 0.2) is 5.38 Å². The Morgan fingerprint density at radius 2 is 2.43 bits per heavy atom. The van der Waals surface area contributed by atoms with Gasteiger partial charge in [-0.3, -0.25) is 0 Å². The zero-order valence-electron chi connectivity index (χ0n) is 8.60. The van der Waals surface area contributed by atoms with Crippen LogP contribution in [0.2, 0.25) is 0 Å². The highest BCUT2D eigenvalue weighted by Gasteiger charge is 2.29. The zero-order valence-corrected chi connectivity index (χ0v) is 9.42. The average Bonchev–Trinajstić information content (AvgIpc) is 2.84. The van der Waals surface area contributed by atoms with Gasteiger partial charge in [0.2, 0.25) is 0 Å². The molecule has 1 aromatic rings. The van der Waals surface area contributed by atoms with Gasteiger partial charge in [-0.2, -0.15) is 0 Å². The standard InChI is InChI=1S/C10H16N2OS/c1-3-12(8-4-5-8)10-11-9(6-14-10)7(2)13/h6-8,13H,3-5H2,1-2H3. The molecule has 0 bridgehead atoms. The Hall–Kier alpha value is -0.610. The molecule has 4 heteroatoms. The molecule has 1 saturated carbocycles. The van der Waals surface area contributed by atoms with E-state index in [2.05, 4.69) is 16.8 Å². The summed E-state index contributed by atoms with van der Waals surface area (Å²) in [4.78, 5) is 6.77. The smallest absolute Gasteiger partial charge is 0.185 e. The first-order valence-corrected chi connectivity index (χ1v) is 6.00. The lowest BCUT2D eigenvalue weighted by Gasteiger charge is -2.18. The zero-order chi connectivity index (χ0) is 10.1. The van der Waals surface area contributed by atoms with Crippen molar-refractivity contribution in [1.29, 1.82) is 0 Å². The van der Waals surface area contributed by atoms with E-state index in [-0.39, 0.29) is 0 Å². The first kappa shape index (κ1) is 9.93. The van der Waals surface area contributed by atoms with E-state index in [1.165, 1.54) is 12.8 Å². The summed E-state index contributed by atoms with van der Waals surface area (Å²) in [5, 5.41) is 12.4. The molecule has 1 aliphatic rings. The lowest BCUT2D eigenvalue weighted by Crippen LogP contribution is -2.24. The fraction of sp³-hybridized carbons (Fsp3) is 0.700. The summed E-state index contributed by atoms with van der Waals surface area (Å²) >= 11 is 1.63. The van der Waals surface area contributed by atoms with E-state index < -0.39 is 6.10 Å². The van der Waals surface area contributed by atoms with Crippen molar-refractivity contribution in [3.8, 4) is 0 Å². The van der Waals surface area contributed by atoms with Crippen LogP contribution < -0.4 is 4.90 Å². The number of hydrogen-bond acceptors (Lipinski definition) is 4. The Morgan fingerprint density at radius 3 is 2.86 bits per heavy atom. The van der Waals surface area contributed by atoms with Gasteiger partial charge >= 0.3 is 0 Å². The van der Waals surface area contributed by atoms with Gasteiger partial charge in [0.15, 0.2) is 5.13 Å². The third kappa shape index (κ3) is 1.91. The quantitative estimate of drug-likeness (QED) is 0.831. The van der Waals surface area contributed by atoms with E-state index in [1.807, 2.05) is 5.38 Å². The Balaban J connectivity index is 2.13. The number of rotatable bonds is 4. The van der Waals surface area contributed by atoms with Gasteiger partial charge in [-0.05, 0) is 26.7 Å². The molecule has 1 aliphatic carbocycles. The first-order chi connectivity index (χ1) is 6.72. The molecule has 0 aliphatic heterocycles. The van der Waals surface area contributed by atoms with Gasteiger partial charge in [0.25, 0.3) is 0 Å². The van der Waals surface area contributed by atoms with Gasteiger partial charge in [-0.25, -0.2) is 4.98 Å². The van der Waals surface area contributed by atoms with Crippen LogP contribution in [0.1, 0.15) is 38.5 Å². The molecule has 1 fully saturated rings. The molecule has 0 amide bonds. The van der Waals surface area contributed by atoms with Crippen molar-refractivity contribution in [3.05, 3.63) is 11.1 Å². The molecule has 1 aromatic heterocycles. The van der Waals surface area contributed by atoms with E-state index in [0.717, 1.165) is 17.4 Å². The third-order valence-corrected chi connectivity index (χ3v) is 3.41. The van der Waals surface area contributed by atoms with Gasteiger partial charge in [0.1, 0.15) is 0 Å². The monoisotopic (exact) mass is 212 g/mol. The minimum Gasteiger partial charge on any atom is -0.387 e. The Kier molecular flexibility index (Phi) is 2.74. The molecular formula is C10H16N2OS. The summed E-state index contributed by atoms with van der Waals surface area (Å²) in [7, 11) is 0. The lowest BCUT2D eigenvalue weighted by molar-refractivity contribution is 0.195. The molecular weight excluding hydrogens is 196 g/mol. The Bertz CT molecular complexity index is 307.